The van der Waals surface area contributed by atoms with Crippen molar-refractivity contribution in [2.75, 3.05) is 13.2 Å². The van der Waals surface area contributed by atoms with Crippen LogP contribution in [0.15, 0.2) is 0 Å². The van der Waals surface area contributed by atoms with Gasteiger partial charge < -0.3 is 9.47 Å². The van der Waals surface area contributed by atoms with E-state index in [1.165, 1.54) is 12.8 Å². The van der Waals surface area contributed by atoms with Gasteiger partial charge in [-0.25, -0.2) is 0 Å². The van der Waals surface area contributed by atoms with Crippen molar-refractivity contribution in [1.82, 2.24) is 0 Å². The van der Waals surface area contributed by atoms with Crippen molar-refractivity contribution < 1.29 is 19.1 Å². The summed E-state index contributed by atoms with van der Waals surface area (Å²) in [4.78, 5) is 25.1. The van der Waals surface area contributed by atoms with Crippen LogP contribution in [0.3, 0.4) is 0 Å². The SMILES string of the molecule is CCCCCOC(=O)C(CC)(CC)C(=O)OCCC(C)CCCC(C)C. The first kappa shape index (κ1) is 24.9. The second kappa shape index (κ2) is 14.1. The number of carbonyl (C=O) groups is 2. The van der Waals surface area contributed by atoms with E-state index in [9.17, 15) is 9.59 Å². The molecule has 1 unspecified atom stereocenters. The normalized spacial score (nSPS) is 12.9. The molecule has 0 rings (SSSR count). The molecule has 0 aliphatic rings. The largest absolute Gasteiger partial charge is 0.465 e. The lowest BCUT2D eigenvalue weighted by atomic mass is 9.82. The molecule has 0 aromatic heterocycles. The minimum absolute atomic E-state index is 0.381. The van der Waals surface area contributed by atoms with Crippen LogP contribution in [0.5, 0.6) is 0 Å². The molecule has 0 heterocycles. The van der Waals surface area contributed by atoms with Crippen LogP contribution in [0, 0.1) is 17.3 Å². The molecule has 0 aromatic carbocycles. The fourth-order valence-corrected chi connectivity index (χ4v) is 3.08. The Labute approximate surface area is 161 Å². The Morgan fingerprint density at radius 1 is 0.769 bits per heavy atom. The molecule has 0 aliphatic carbocycles. The highest BCUT2D eigenvalue weighted by molar-refractivity contribution is 5.99. The van der Waals surface area contributed by atoms with Gasteiger partial charge in [0.25, 0.3) is 0 Å². The molecule has 1 atom stereocenters. The summed E-state index contributed by atoms with van der Waals surface area (Å²) in [6, 6.07) is 0. The third-order valence-corrected chi connectivity index (χ3v) is 5.29. The van der Waals surface area contributed by atoms with E-state index in [1.54, 1.807) is 0 Å². The van der Waals surface area contributed by atoms with E-state index in [2.05, 4.69) is 27.7 Å². The predicted octanol–water partition coefficient (Wildman–Crippen LogP) is 5.92. The fraction of sp³-hybridized carbons (Fsp3) is 0.909. The van der Waals surface area contributed by atoms with Crippen LogP contribution in [0.1, 0.15) is 99.3 Å². The smallest absolute Gasteiger partial charge is 0.323 e. The van der Waals surface area contributed by atoms with E-state index in [0.717, 1.165) is 38.0 Å². The summed E-state index contributed by atoms with van der Waals surface area (Å²) >= 11 is 0. The minimum Gasteiger partial charge on any atom is -0.465 e. The third kappa shape index (κ3) is 9.05. The number of esters is 2. The van der Waals surface area contributed by atoms with Crippen LogP contribution in [0.25, 0.3) is 0 Å². The summed E-state index contributed by atoms with van der Waals surface area (Å²) < 4.78 is 10.9. The van der Waals surface area contributed by atoms with Crippen molar-refractivity contribution in [2.24, 2.45) is 17.3 Å². The van der Waals surface area contributed by atoms with Crippen molar-refractivity contribution >= 4 is 11.9 Å². The van der Waals surface area contributed by atoms with Gasteiger partial charge in [-0.3, -0.25) is 9.59 Å². The molecule has 0 radical (unpaired) electrons. The zero-order valence-electron chi connectivity index (χ0n) is 18.1. The molecule has 0 N–H and O–H groups in total. The van der Waals surface area contributed by atoms with Gasteiger partial charge in [0.15, 0.2) is 5.41 Å². The van der Waals surface area contributed by atoms with E-state index >= 15 is 0 Å². The maximum atomic E-state index is 12.6. The van der Waals surface area contributed by atoms with Crippen LogP contribution >= 0.6 is 0 Å². The highest BCUT2D eigenvalue weighted by Gasteiger charge is 2.45. The van der Waals surface area contributed by atoms with E-state index in [-0.39, 0.29) is 0 Å². The zero-order chi connectivity index (χ0) is 20.0. The number of rotatable bonds is 15. The first-order chi connectivity index (χ1) is 12.3. The quantitative estimate of drug-likeness (QED) is 0.204. The van der Waals surface area contributed by atoms with Gasteiger partial charge in [-0.1, -0.05) is 73.6 Å². The van der Waals surface area contributed by atoms with Crippen LogP contribution < -0.4 is 0 Å². The van der Waals surface area contributed by atoms with Crippen molar-refractivity contribution in [3.63, 3.8) is 0 Å². The highest BCUT2D eigenvalue weighted by atomic mass is 16.6. The Bertz CT molecular complexity index is 386. The Kier molecular flexibility index (Phi) is 13.5. The van der Waals surface area contributed by atoms with E-state index in [4.69, 9.17) is 9.47 Å². The van der Waals surface area contributed by atoms with Crippen LogP contribution in [0.4, 0.5) is 0 Å². The summed E-state index contributed by atoms with van der Waals surface area (Å²) in [5, 5.41) is 0. The van der Waals surface area contributed by atoms with Crippen LogP contribution in [-0.4, -0.2) is 25.2 Å². The molecule has 0 aromatic rings. The molecule has 26 heavy (non-hydrogen) atoms. The number of hydrogen-bond acceptors (Lipinski definition) is 4. The van der Waals surface area contributed by atoms with Gasteiger partial charge in [0, 0.05) is 0 Å². The van der Waals surface area contributed by atoms with Gasteiger partial charge >= 0.3 is 11.9 Å². The van der Waals surface area contributed by atoms with Crippen molar-refractivity contribution in [2.45, 2.75) is 99.3 Å². The molecule has 4 heteroatoms. The lowest BCUT2D eigenvalue weighted by Crippen LogP contribution is -2.41. The molecule has 4 nitrogen and oxygen atoms in total. The molecule has 0 saturated heterocycles. The summed E-state index contributed by atoms with van der Waals surface area (Å²) in [5.41, 5.74) is -1.15. The third-order valence-electron chi connectivity index (χ3n) is 5.29. The zero-order valence-corrected chi connectivity index (χ0v) is 18.1. The number of carbonyl (C=O) groups excluding carboxylic acids is 2. The maximum Gasteiger partial charge on any atom is 0.323 e. The summed E-state index contributed by atoms with van der Waals surface area (Å²) in [5.74, 6) is 0.421. The second-order valence-electron chi connectivity index (χ2n) is 7.99. The fourth-order valence-electron chi connectivity index (χ4n) is 3.08. The van der Waals surface area contributed by atoms with E-state index < -0.39 is 17.4 Å². The van der Waals surface area contributed by atoms with Gasteiger partial charge in [-0.15, -0.1) is 0 Å². The van der Waals surface area contributed by atoms with Crippen LogP contribution in [0.2, 0.25) is 0 Å². The number of ether oxygens (including phenoxy) is 2. The summed E-state index contributed by atoms with van der Waals surface area (Å²) in [6.07, 6.45) is 8.22. The van der Waals surface area contributed by atoms with Crippen molar-refractivity contribution in [3.8, 4) is 0 Å². The Morgan fingerprint density at radius 3 is 1.85 bits per heavy atom. The van der Waals surface area contributed by atoms with E-state index in [1.807, 2.05) is 13.8 Å². The van der Waals surface area contributed by atoms with Gasteiger partial charge in [-0.2, -0.15) is 0 Å². The first-order valence-corrected chi connectivity index (χ1v) is 10.7. The molecular formula is C22H42O4. The molecule has 0 bridgehead atoms. The predicted molar refractivity (Wildman–Crippen MR) is 107 cm³/mol. The Hall–Kier alpha value is -1.06. The average molecular weight is 371 g/mol. The molecule has 0 aliphatic heterocycles. The first-order valence-electron chi connectivity index (χ1n) is 10.7. The monoisotopic (exact) mass is 370 g/mol. The van der Waals surface area contributed by atoms with Crippen molar-refractivity contribution in [1.29, 1.82) is 0 Å². The Balaban J connectivity index is 4.42. The topological polar surface area (TPSA) is 52.6 Å². The molecular weight excluding hydrogens is 328 g/mol. The standard InChI is InChI=1S/C22H42O4/c1-7-10-11-16-25-20(23)22(8-2,9-3)21(24)26-17-15-19(6)14-12-13-18(4)5/h18-19H,7-17H2,1-6H3. The van der Waals surface area contributed by atoms with Gasteiger partial charge in [0.1, 0.15) is 0 Å². The highest BCUT2D eigenvalue weighted by Crippen LogP contribution is 2.30. The van der Waals surface area contributed by atoms with Gasteiger partial charge in [-0.05, 0) is 37.5 Å². The lowest BCUT2D eigenvalue weighted by molar-refractivity contribution is -0.173. The molecule has 0 saturated carbocycles. The molecule has 0 fully saturated rings. The van der Waals surface area contributed by atoms with Gasteiger partial charge in [0.05, 0.1) is 13.2 Å². The van der Waals surface area contributed by atoms with Crippen molar-refractivity contribution in [3.05, 3.63) is 0 Å². The maximum absolute atomic E-state index is 12.6. The average Bonchev–Trinajstić information content (AvgIpc) is 2.60. The molecule has 154 valence electrons. The number of unbranched alkanes of at least 4 members (excludes halogenated alkanes) is 2. The van der Waals surface area contributed by atoms with Crippen LogP contribution in [-0.2, 0) is 19.1 Å². The molecule has 0 amide bonds. The van der Waals surface area contributed by atoms with Gasteiger partial charge in [0.2, 0.25) is 0 Å². The minimum atomic E-state index is -1.15. The van der Waals surface area contributed by atoms with E-state index in [0.29, 0.717) is 32.0 Å². The lowest BCUT2D eigenvalue weighted by Gasteiger charge is -2.27. The second-order valence-corrected chi connectivity index (χ2v) is 7.99. The Morgan fingerprint density at radius 2 is 1.35 bits per heavy atom. The summed E-state index contributed by atoms with van der Waals surface area (Å²) in [7, 11) is 0. The number of hydrogen-bond donors (Lipinski definition) is 0. The molecule has 0 spiro atoms. The summed E-state index contributed by atoms with van der Waals surface area (Å²) in [6.45, 7) is 13.3.